The average molecular weight is 366 g/mol. The van der Waals surface area contributed by atoms with E-state index in [0.29, 0.717) is 15.5 Å². The highest BCUT2D eigenvalue weighted by Crippen LogP contribution is 2.42. The Labute approximate surface area is 141 Å². The monoisotopic (exact) mass is 365 g/mol. The van der Waals surface area contributed by atoms with Crippen molar-refractivity contribution in [1.82, 2.24) is 0 Å². The number of oxime groups is 1. The van der Waals surface area contributed by atoms with E-state index in [1.54, 1.807) is 0 Å². The number of hydrogen-bond acceptors (Lipinski definition) is 4. The third-order valence-corrected chi connectivity index (χ3v) is 6.85. The summed E-state index contributed by atoms with van der Waals surface area (Å²) in [5, 5.41) is 3.14. The lowest BCUT2D eigenvalue weighted by atomic mass is 9.90. The van der Waals surface area contributed by atoms with Gasteiger partial charge in [-0.05, 0) is 48.4 Å². The molecule has 0 amide bonds. The molecule has 1 aromatic rings. The molecule has 0 bridgehead atoms. The predicted octanol–water partition coefficient (Wildman–Crippen LogP) is 3.02. The first-order chi connectivity index (χ1) is 10.2. The van der Waals surface area contributed by atoms with E-state index in [1.807, 2.05) is 0 Å². The van der Waals surface area contributed by atoms with Crippen LogP contribution >= 0.6 is 22.9 Å². The van der Waals surface area contributed by atoms with Crippen molar-refractivity contribution in [2.24, 2.45) is 5.16 Å². The fraction of sp³-hybridized carbons (Fsp3) is 0.538. The molecule has 0 aromatic carbocycles. The molecule has 0 N–H and O–H groups in total. The Bertz CT molecular complexity index is 673. The van der Waals surface area contributed by atoms with Crippen molar-refractivity contribution < 1.29 is 22.8 Å². The van der Waals surface area contributed by atoms with Gasteiger partial charge in [0, 0.05) is 6.42 Å². The van der Waals surface area contributed by atoms with E-state index in [1.165, 1.54) is 0 Å². The van der Waals surface area contributed by atoms with Crippen molar-refractivity contribution in [3.63, 3.8) is 0 Å². The summed E-state index contributed by atoms with van der Waals surface area (Å²) in [5.41, 5.74) is 2.10. The van der Waals surface area contributed by atoms with Gasteiger partial charge in [-0.15, -0.1) is 11.3 Å². The van der Waals surface area contributed by atoms with Crippen molar-refractivity contribution in [3.8, 4) is 0 Å². The van der Waals surface area contributed by atoms with Crippen LogP contribution in [0.2, 0.25) is 0 Å². The van der Waals surface area contributed by atoms with Crippen LogP contribution in [0.25, 0.3) is 0 Å². The largest absolute Gasteiger partial charge is 0.415 e. The van der Waals surface area contributed by atoms with Crippen molar-refractivity contribution in [1.29, 1.82) is 0 Å². The SMILES string of the molecule is O=C(Cl)c1sc(C2=NO[C]([AlH2])(C(F)(F)F)C2)c2c1CCCC2. The Balaban J connectivity index is 1.99. The van der Waals surface area contributed by atoms with Crippen molar-refractivity contribution in [2.45, 2.75) is 42.7 Å². The number of thiophene rings is 1. The first-order valence-electron chi connectivity index (χ1n) is 6.89. The second-order valence-corrected chi connectivity index (χ2v) is 8.71. The van der Waals surface area contributed by atoms with Crippen LogP contribution in [0.5, 0.6) is 0 Å². The van der Waals surface area contributed by atoms with Gasteiger partial charge >= 0.3 is 22.5 Å². The second kappa shape index (κ2) is 5.52. The fourth-order valence-electron chi connectivity index (χ4n) is 2.84. The van der Waals surface area contributed by atoms with Gasteiger partial charge in [-0.3, -0.25) is 4.79 Å². The zero-order valence-corrected chi connectivity index (χ0v) is 15.3. The van der Waals surface area contributed by atoms with E-state index >= 15 is 0 Å². The molecule has 0 fully saturated rings. The first-order valence-corrected chi connectivity index (χ1v) is 9.09. The van der Waals surface area contributed by atoms with Crippen LogP contribution in [0.15, 0.2) is 5.16 Å². The maximum Gasteiger partial charge on any atom is 0.415 e. The van der Waals surface area contributed by atoms with Crippen molar-refractivity contribution >= 4 is 50.2 Å². The van der Waals surface area contributed by atoms with Crippen LogP contribution in [-0.4, -0.2) is 37.9 Å². The summed E-state index contributed by atoms with van der Waals surface area (Å²) in [6.07, 6.45) is -1.34. The molecule has 1 unspecified atom stereocenters. The summed E-state index contributed by atoms with van der Waals surface area (Å²) in [5.74, 6) is 0. The molecule has 0 saturated carbocycles. The molecule has 0 radical (unpaired) electrons. The van der Waals surface area contributed by atoms with E-state index in [2.05, 4.69) is 5.16 Å². The van der Waals surface area contributed by atoms with Crippen molar-refractivity contribution in [2.75, 3.05) is 0 Å². The molecular weight excluding hydrogens is 354 g/mol. The molecular formula is C13H12AlClF3NO2S. The average Bonchev–Trinajstić information content (AvgIpc) is 3.00. The standard InChI is InChI=1S/C13H10ClF3NO2S.Al.2H/c14-12(19)11-7-4-2-1-3-6(7)10(21-11)8-5-9(20-18-8)13(15,16)17;;;/h1-5H2;;;. The van der Waals surface area contributed by atoms with E-state index in [-0.39, 0.29) is 22.7 Å². The highest BCUT2D eigenvalue weighted by atomic mass is 35.5. The minimum Gasteiger partial charge on any atom is -0.397 e. The van der Waals surface area contributed by atoms with E-state index in [4.69, 9.17) is 16.4 Å². The second-order valence-electron chi connectivity index (χ2n) is 5.73. The molecule has 0 saturated heterocycles. The van der Waals surface area contributed by atoms with Gasteiger partial charge < -0.3 is 4.84 Å². The van der Waals surface area contributed by atoms with E-state index in [0.717, 1.165) is 48.1 Å². The molecule has 3 rings (SSSR count). The molecule has 22 heavy (non-hydrogen) atoms. The van der Waals surface area contributed by atoms with Crippen molar-refractivity contribution in [3.05, 3.63) is 20.9 Å². The maximum absolute atomic E-state index is 13.1. The topological polar surface area (TPSA) is 38.7 Å². The number of halogens is 4. The number of carbonyl (C=O) groups excluding carboxylic acids is 1. The molecule has 0 spiro atoms. The molecule has 1 aliphatic carbocycles. The number of hydrogen-bond donors (Lipinski definition) is 0. The van der Waals surface area contributed by atoms with Gasteiger partial charge in [-0.1, -0.05) is 5.16 Å². The van der Waals surface area contributed by atoms with Gasteiger partial charge in [0.1, 0.15) is 5.71 Å². The summed E-state index contributed by atoms with van der Waals surface area (Å²) in [4.78, 5) is 17.4. The summed E-state index contributed by atoms with van der Waals surface area (Å²) >= 11 is 6.56. The number of alkyl halides is 3. The highest BCUT2D eigenvalue weighted by Gasteiger charge is 2.56. The zero-order chi connectivity index (χ0) is 16.1. The van der Waals surface area contributed by atoms with E-state index in [9.17, 15) is 18.0 Å². The fourth-order valence-corrected chi connectivity index (χ4v) is 4.70. The van der Waals surface area contributed by atoms with Crippen LogP contribution in [0.4, 0.5) is 13.2 Å². The molecule has 2 aliphatic rings. The lowest BCUT2D eigenvalue weighted by molar-refractivity contribution is -0.233. The molecule has 1 atom stereocenters. The normalized spacial score (nSPS) is 24.6. The Morgan fingerprint density at radius 2 is 1.95 bits per heavy atom. The van der Waals surface area contributed by atoms with Crippen LogP contribution in [0.1, 0.15) is 44.9 Å². The Kier molecular flexibility index (Phi) is 4.09. The summed E-state index contributed by atoms with van der Waals surface area (Å²) in [6, 6.07) is 0. The number of nitrogens with zero attached hydrogens (tertiary/aromatic N) is 1. The zero-order valence-electron chi connectivity index (χ0n) is 11.7. The third kappa shape index (κ3) is 2.60. The van der Waals surface area contributed by atoms with Crippen LogP contribution < -0.4 is 0 Å². The number of carbonyl (C=O) groups is 1. The number of rotatable bonds is 2. The summed E-state index contributed by atoms with van der Waals surface area (Å²) in [7, 11) is 0. The Morgan fingerprint density at radius 1 is 1.32 bits per heavy atom. The number of fused-ring (bicyclic) bond motifs is 1. The third-order valence-electron chi connectivity index (χ3n) is 4.12. The van der Waals surface area contributed by atoms with Gasteiger partial charge in [0.05, 0.1) is 9.75 Å². The molecule has 3 nitrogen and oxygen atoms in total. The Morgan fingerprint density at radius 3 is 2.50 bits per heavy atom. The minimum absolute atomic E-state index is 0.204. The predicted molar refractivity (Wildman–Crippen MR) is 80.7 cm³/mol. The molecule has 1 aromatic heterocycles. The molecule has 2 heterocycles. The van der Waals surface area contributed by atoms with Gasteiger partial charge in [-0.25, -0.2) is 0 Å². The first kappa shape index (κ1) is 16.3. The minimum atomic E-state index is -4.44. The highest BCUT2D eigenvalue weighted by molar-refractivity contribution is 7.18. The smallest absolute Gasteiger partial charge is 0.397 e. The quantitative estimate of drug-likeness (QED) is 0.597. The summed E-state index contributed by atoms with van der Waals surface area (Å²) < 4.78 is 37.0. The lowest BCUT2D eigenvalue weighted by Crippen LogP contribution is -2.45. The molecule has 9 heteroatoms. The van der Waals surface area contributed by atoms with Gasteiger partial charge in [-0.2, -0.15) is 13.2 Å². The van der Waals surface area contributed by atoms with E-state index < -0.39 is 15.9 Å². The summed E-state index contributed by atoms with van der Waals surface area (Å²) in [6.45, 7) is 0. The maximum atomic E-state index is 13.1. The Hall–Kier alpha value is -0.548. The van der Waals surface area contributed by atoms with Gasteiger partial charge in [0.2, 0.25) is 0 Å². The lowest BCUT2D eigenvalue weighted by Gasteiger charge is -2.25. The van der Waals surface area contributed by atoms with Crippen LogP contribution in [0.3, 0.4) is 0 Å². The van der Waals surface area contributed by atoms with Gasteiger partial charge in [0.25, 0.3) is 5.24 Å². The molecule has 118 valence electrons. The molecule has 1 aliphatic heterocycles. The van der Waals surface area contributed by atoms with Crippen LogP contribution in [-0.2, 0) is 17.7 Å². The van der Waals surface area contributed by atoms with Crippen LogP contribution in [0, 0.1) is 0 Å². The van der Waals surface area contributed by atoms with Gasteiger partial charge in [0.15, 0.2) is 4.46 Å².